The minimum Gasteiger partial charge on any atom is -0.441 e. The predicted octanol–water partition coefficient (Wildman–Crippen LogP) is 4.76. The van der Waals surface area contributed by atoms with E-state index in [4.69, 9.17) is 4.42 Å². The molecule has 0 bridgehead atoms. The maximum atomic E-state index is 12.5. The van der Waals surface area contributed by atoms with E-state index in [1.54, 1.807) is 12.3 Å². The second kappa shape index (κ2) is 6.44. The predicted molar refractivity (Wildman–Crippen MR) is 101 cm³/mol. The van der Waals surface area contributed by atoms with E-state index in [2.05, 4.69) is 15.3 Å². The van der Waals surface area contributed by atoms with E-state index in [0.717, 1.165) is 27.9 Å². The summed E-state index contributed by atoms with van der Waals surface area (Å²) in [7, 11) is 0. The van der Waals surface area contributed by atoms with Crippen LogP contribution in [0.15, 0.2) is 65.2 Å². The molecule has 0 saturated heterocycles. The van der Waals surface area contributed by atoms with Gasteiger partial charge in [0, 0.05) is 28.4 Å². The molecule has 0 aliphatic heterocycles. The number of anilines is 1. The number of amides is 1. The van der Waals surface area contributed by atoms with Gasteiger partial charge in [0.2, 0.25) is 5.89 Å². The summed E-state index contributed by atoms with van der Waals surface area (Å²) in [5.74, 6) is 1.23. The second-order valence-corrected chi connectivity index (χ2v) is 6.10. The number of nitrogens with zero attached hydrogens (tertiary/aromatic N) is 2. The molecule has 0 aliphatic carbocycles. The normalized spacial score (nSPS) is 10.8. The lowest BCUT2D eigenvalue weighted by Gasteiger charge is -2.07. The molecule has 1 N–H and O–H groups in total. The van der Waals surface area contributed by atoms with Gasteiger partial charge in [0.05, 0.1) is 11.2 Å². The van der Waals surface area contributed by atoms with Gasteiger partial charge in [-0.15, -0.1) is 0 Å². The number of benzene rings is 2. The monoisotopic (exact) mass is 343 g/mol. The van der Waals surface area contributed by atoms with Crippen LogP contribution in [0, 0.1) is 13.8 Å². The summed E-state index contributed by atoms with van der Waals surface area (Å²) in [5.41, 5.74) is 3.92. The van der Waals surface area contributed by atoms with Gasteiger partial charge in [-0.25, -0.2) is 4.98 Å². The molecule has 128 valence electrons. The lowest BCUT2D eigenvalue weighted by Crippen LogP contribution is -2.11. The number of aromatic nitrogens is 2. The molecule has 4 rings (SSSR count). The smallest absolute Gasteiger partial charge is 0.255 e. The molecule has 2 aromatic heterocycles. The van der Waals surface area contributed by atoms with E-state index >= 15 is 0 Å². The Labute approximate surface area is 150 Å². The van der Waals surface area contributed by atoms with Crippen LogP contribution in [0.5, 0.6) is 0 Å². The van der Waals surface area contributed by atoms with Crippen LogP contribution in [-0.4, -0.2) is 15.9 Å². The summed E-state index contributed by atoms with van der Waals surface area (Å²) in [4.78, 5) is 21.2. The Morgan fingerprint density at radius 2 is 1.85 bits per heavy atom. The topological polar surface area (TPSA) is 68.0 Å². The molecule has 2 aromatic carbocycles. The number of aryl methyl sites for hydroxylation is 2. The summed E-state index contributed by atoms with van der Waals surface area (Å²) in [6, 6.07) is 16.7. The molecular weight excluding hydrogens is 326 g/mol. The van der Waals surface area contributed by atoms with Gasteiger partial charge in [-0.1, -0.05) is 6.07 Å². The van der Waals surface area contributed by atoms with Crippen molar-refractivity contribution >= 4 is 22.5 Å². The lowest BCUT2D eigenvalue weighted by atomic mass is 10.1. The standard InChI is InChI=1S/C21H17N3O2/c1-13-14(2)26-21(23-13)15-5-8-18(9-6-15)24-20(25)17-7-10-19-16(12-17)4-3-11-22-19/h3-12H,1-2H3,(H,24,25). The average molecular weight is 343 g/mol. The van der Waals surface area contributed by atoms with Crippen molar-refractivity contribution in [3.05, 3.63) is 77.8 Å². The first-order chi connectivity index (χ1) is 12.6. The molecular formula is C21H17N3O2. The lowest BCUT2D eigenvalue weighted by molar-refractivity contribution is 0.102. The summed E-state index contributed by atoms with van der Waals surface area (Å²) < 4.78 is 5.63. The van der Waals surface area contributed by atoms with E-state index in [9.17, 15) is 4.79 Å². The van der Waals surface area contributed by atoms with Gasteiger partial charge in [0.1, 0.15) is 5.76 Å². The highest BCUT2D eigenvalue weighted by molar-refractivity contribution is 6.06. The van der Waals surface area contributed by atoms with E-state index in [-0.39, 0.29) is 5.91 Å². The SMILES string of the molecule is Cc1nc(-c2ccc(NC(=O)c3ccc4ncccc4c3)cc2)oc1C. The number of hydrogen-bond donors (Lipinski definition) is 1. The molecule has 0 unspecified atom stereocenters. The molecule has 0 saturated carbocycles. The van der Waals surface area contributed by atoms with E-state index in [0.29, 0.717) is 17.1 Å². The van der Waals surface area contributed by atoms with E-state index in [1.165, 1.54) is 0 Å². The zero-order valence-corrected chi connectivity index (χ0v) is 14.5. The van der Waals surface area contributed by atoms with Gasteiger partial charge >= 0.3 is 0 Å². The second-order valence-electron chi connectivity index (χ2n) is 6.10. The van der Waals surface area contributed by atoms with Crippen LogP contribution in [0.25, 0.3) is 22.4 Å². The van der Waals surface area contributed by atoms with Crippen LogP contribution >= 0.6 is 0 Å². The van der Waals surface area contributed by atoms with Crippen molar-refractivity contribution in [2.24, 2.45) is 0 Å². The summed E-state index contributed by atoms with van der Waals surface area (Å²) in [5, 5.41) is 3.84. The molecule has 0 atom stereocenters. The minimum atomic E-state index is -0.161. The van der Waals surface area contributed by atoms with E-state index < -0.39 is 0 Å². The van der Waals surface area contributed by atoms with Gasteiger partial charge < -0.3 is 9.73 Å². The molecule has 4 aromatic rings. The zero-order chi connectivity index (χ0) is 18.1. The molecule has 5 heteroatoms. The molecule has 2 heterocycles. The van der Waals surface area contributed by atoms with Crippen molar-refractivity contribution in [3.8, 4) is 11.5 Å². The number of oxazole rings is 1. The highest BCUT2D eigenvalue weighted by atomic mass is 16.4. The maximum absolute atomic E-state index is 12.5. The van der Waals surface area contributed by atoms with Crippen LogP contribution in [0.3, 0.4) is 0 Å². The summed E-state index contributed by atoms with van der Waals surface area (Å²) >= 11 is 0. The first-order valence-electron chi connectivity index (χ1n) is 8.31. The number of rotatable bonds is 3. The molecule has 0 spiro atoms. The molecule has 26 heavy (non-hydrogen) atoms. The highest BCUT2D eigenvalue weighted by Crippen LogP contribution is 2.23. The molecule has 1 amide bonds. The van der Waals surface area contributed by atoms with Crippen molar-refractivity contribution in [1.82, 2.24) is 9.97 Å². The Bertz CT molecular complexity index is 1080. The fourth-order valence-electron chi connectivity index (χ4n) is 2.71. The first kappa shape index (κ1) is 16.0. The quantitative estimate of drug-likeness (QED) is 0.582. The largest absolute Gasteiger partial charge is 0.441 e. The van der Waals surface area contributed by atoms with Crippen molar-refractivity contribution < 1.29 is 9.21 Å². The van der Waals surface area contributed by atoms with Crippen LogP contribution in [0.2, 0.25) is 0 Å². The van der Waals surface area contributed by atoms with Crippen LogP contribution in [-0.2, 0) is 0 Å². The summed E-state index contributed by atoms with van der Waals surface area (Å²) in [6.07, 6.45) is 1.74. The molecule has 0 radical (unpaired) electrons. The Morgan fingerprint density at radius 1 is 1.04 bits per heavy atom. The van der Waals surface area contributed by atoms with Gasteiger partial charge in [0.25, 0.3) is 5.91 Å². The summed E-state index contributed by atoms with van der Waals surface area (Å²) in [6.45, 7) is 3.80. The van der Waals surface area contributed by atoms with Gasteiger partial charge in [-0.05, 0) is 62.4 Å². The fourth-order valence-corrected chi connectivity index (χ4v) is 2.71. The minimum absolute atomic E-state index is 0.161. The van der Waals surface area contributed by atoms with Crippen LogP contribution in [0.4, 0.5) is 5.69 Å². The average Bonchev–Trinajstić information content (AvgIpc) is 3.00. The van der Waals surface area contributed by atoms with E-state index in [1.807, 2.05) is 62.4 Å². The molecule has 0 fully saturated rings. The maximum Gasteiger partial charge on any atom is 0.255 e. The Hall–Kier alpha value is -3.47. The van der Waals surface area contributed by atoms with Crippen molar-refractivity contribution in [2.45, 2.75) is 13.8 Å². The number of pyridine rings is 1. The number of carbonyl (C=O) groups excluding carboxylic acids is 1. The molecule has 5 nitrogen and oxygen atoms in total. The Balaban J connectivity index is 1.53. The van der Waals surface area contributed by atoms with Gasteiger partial charge in [0.15, 0.2) is 0 Å². The van der Waals surface area contributed by atoms with Gasteiger partial charge in [-0.3, -0.25) is 9.78 Å². The molecule has 0 aliphatic rings. The number of carbonyl (C=O) groups is 1. The van der Waals surface area contributed by atoms with Gasteiger partial charge in [-0.2, -0.15) is 0 Å². The first-order valence-corrected chi connectivity index (χ1v) is 8.31. The van der Waals surface area contributed by atoms with Crippen molar-refractivity contribution in [2.75, 3.05) is 5.32 Å². The third-order valence-electron chi connectivity index (χ3n) is 4.28. The number of nitrogens with one attached hydrogen (secondary N) is 1. The third kappa shape index (κ3) is 3.07. The highest BCUT2D eigenvalue weighted by Gasteiger charge is 2.10. The van der Waals surface area contributed by atoms with Crippen molar-refractivity contribution in [3.63, 3.8) is 0 Å². The Morgan fingerprint density at radius 3 is 2.58 bits per heavy atom. The Kier molecular flexibility index (Phi) is 3.97. The number of fused-ring (bicyclic) bond motifs is 1. The fraction of sp³-hybridized carbons (Fsp3) is 0.0952. The van der Waals surface area contributed by atoms with Crippen molar-refractivity contribution in [1.29, 1.82) is 0 Å². The third-order valence-corrected chi connectivity index (χ3v) is 4.28. The van der Waals surface area contributed by atoms with Crippen LogP contribution in [0.1, 0.15) is 21.8 Å². The zero-order valence-electron chi connectivity index (χ0n) is 14.5. The number of hydrogen-bond acceptors (Lipinski definition) is 4. The van der Waals surface area contributed by atoms with Crippen LogP contribution < -0.4 is 5.32 Å².